The van der Waals surface area contributed by atoms with Crippen molar-refractivity contribution in [2.45, 2.75) is 18.9 Å². The third-order valence-electron chi connectivity index (χ3n) is 5.02. The lowest BCUT2D eigenvalue weighted by Gasteiger charge is -2.40. The van der Waals surface area contributed by atoms with Gasteiger partial charge in [0.15, 0.2) is 5.82 Å². The topological polar surface area (TPSA) is 92.3 Å². The van der Waals surface area contributed by atoms with Gasteiger partial charge in [-0.25, -0.2) is 4.79 Å². The summed E-state index contributed by atoms with van der Waals surface area (Å²) in [6.45, 7) is 3.88. The average Bonchev–Trinajstić information content (AvgIpc) is 2.69. The summed E-state index contributed by atoms with van der Waals surface area (Å²) in [6, 6.07) is 7.95. The number of anilines is 1. The van der Waals surface area contributed by atoms with Gasteiger partial charge in [-0.3, -0.25) is 4.98 Å². The molecule has 142 valence electrons. The van der Waals surface area contributed by atoms with Crippen molar-refractivity contribution in [1.82, 2.24) is 25.8 Å². The number of urea groups is 1. The fraction of sp³-hybridized carbons (Fsp3) is 0.474. The van der Waals surface area contributed by atoms with Crippen LogP contribution in [0.3, 0.4) is 0 Å². The van der Waals surface area contributed by atoms with Crippen LogP contribution in [0.1, 0.15) is 12.8 Å². The molecule has 2 amide bonds. The zero-order valence-corrected chi connectivity index (χ0v) is 15.2. The molecule has 0 aliphatic carbocycles. The van der Waals surface area contributed by atoms with Gasteiger partial charge in [-0.15, -0.1) is 10.2 Å². The SMILES string of the molecule is O=C(NCC1CN(c2ccc(-c3ccncc3)nn2)C1)NC1CCOCC1. The van der Waals surface area contributed by atoms with Crippen molar-refractivity contribution in [3.8, 4) is 11.3 Å². The number of nitrogens with zero attached hydrogens (tertiary/aromatic N) is 4. The second kappa shape index (κ2) is 8.30. The molecule has 27 heavy (non-hydrogen) atoms. The monoisotopic (exact) mass is 368 g/mol. The molecule has 0 atom stereocenters. The molecule has 0 spiro atoms. The van der Waals surface area contributed by atoms with Crippen LogP contribution in [0.2, 0.25) is 0 Å². The van der Waals surface area contributed by atoms with Crippen LogP contribution in [-0.4, -0.2) is 60.1 Å². The molecule has 2 N–H and O–H groups in total. The number of pyridine rings is 1. The van der Waals surface area contributed by atoms with E-state index in [9.17, 15) is 4.79 Å². The zero-order valence-electron chi connectivity index (χ0n) is 15.2. The highest BCUT2D eigenvalue weighted by atomic mass is 16.5. The summed E-state index contributed by atoms with van der Waals surface area (Å²) in [5.41, 5.74) is 1.84. The van der Waals surface area contributed by atoms with Gasteiger partial charge in [0.05, 0.1) is 5.69 Å². The molecule has 2 fully saturated rings. The van der Waals surface area contributed by atoms with E-state index in [1.807, 2.05) is 24.3 Å². The van der Waals surface area contributed by atoms with Crippen molar-refractivity contribution < 1.29 is 9.53 Å². The summed E-state index contributed by atoms with van der Waals surface area (Å²) in [6.07, 6.45) is 5.27. The van der Waals surface area contributed by atoms with Crippen molar-refractivity contribution in [1.29, 1.82) is 0 Å². The molecule has 8 heteroatoms. The lowest BCUT2D eigenvalue weighted by Crippen LogP contribution is -2.53. The van der Waals surface area contributed by atoms with E-state index >= 15 is 0 Å². The largest absolute Gasteiger partial charge is 0.381 e. The highest BCUT2D eigenvalue weighted by Gasteiger charge is 2.28. The molecule has 0 unspecified atom stereocenters. The number of hydrogen-bond acceptors (Lipinski definition) is 6. The normalized spacial score (nSPS) is 18.0. The molecule has 2 aromatic heterocycles. The van der Waals surface area contributed by atoms with Gasteiger partial charge < -0.3 is 20.3 Å². The van der Waals surface area contributed by atoms with Gasteiger partial charge in [0, 0.05) is 62.8 Å². The molecule has 2 saturated heterocycles. The summed E-state index contributed by atoms with van der Waals surface area (Å²) in [7, 11) is 0. The Morgan fingerprint density at radius 1 is 1.11 bits per heavy atom. The molecule has 0 bridgehead atoms. The van der Waals surface area contributed by atoms with Crippen molar-refractivity contribution >= 4 is 11.8 Å². The second-order valence-corrected chi connectivity index (χ2v) is 7.02. The van der Waals surface area contributed by atoms with Crippen molar-refractivity contribution in [2.24, 2.45) is 5.92 Å². The van der Waals surface area contributed by atoms with E-state index in [0.717, 1.165) is 56.2 Å². The minimum Gasteiger partial charge on any atom is -0.381 e. The molecule has 2 aliphatic heterocycles. The summed E-state index contributed by atoms with van der Waals surface area (Å²) >= 11 is 0. The van der Waals surface area contributed by atoms with Crippen LogP contribution >= 0.6 is 0 Å². The number of carbonyl (C=O) groups excluding carboxylic acids is 1. The van der Waals surface area contributed by atoms with E-state index < -0.39 is 0 Å². The number of nitrogens with one attached hydrogen (secondary N) is 2. The van der Waals surface area contributed by atoms with E-state index in [0.29, 0.717) is 12.5 Å². The lowest BCUT2D eigenvalue weighted by atomic mass is 10.0. The fourth-order valence-corrected chi connectivity index (χ4v) is 3.37. The number of rotatable bonds is 5. The Morgan fingerprint density at radius 3 is 2.59 bits per heavy atom. The van der Waals surface area contributed by atoms with Gasteiger partial charge in [0.25, 0.3) is 0 Å². The molecule has 2 aliphatic rings. The molecule has 4 rings (SSSR count). The second-order valence-electron chi connectivity index (χ2n) is 7.02. The van der Waals surface area contributed by atoms with E-state index in [-0.39, 0.29) is 12.1 Å². The number of aromatic nitrogens is 3. The zero-order chi connectivity index (χ0) is 18.5. The van der Waals surface area contributed by atoms with Gasteiger partial charge in [0.2, 0.25) is 0 Å². The number of amides is 2. The van der Waals surface area contributed by atoms with E-state index in [1.54, 1.807) is 12.4 Å². The third kappa shape index (κ3) is 4.51. The standard InChI is InChI=1S/C19H24N6O2/c26-19(22-16-5-9-27-10-6-16)21-11-14-12-25(13-14)18-2-1-17(23-24-18)15-3-7-20-8-4-15/h1-4,7-8,14,16H,5-6,9-13H2,(H2,21,22,26). The molecular formula is C19H24N6O2. The lowest BCUT2D eigenvalue weighted by molar-refractivity contribution is 0.0800. The summed E-state index contributed by atoms with van der Waals surface area (Å²) in [5.74, 6) is 1.31. The van der Waals surface area contributed by atoms with Crippen molar-refractivity contribution in [3.05, 3.63) is 36.7 Å². The van der Waals surface area contributed by atoms with Crippen LogP contribution in [0.4, 0.5) is 10.6 Å². The Labute approximate surface area is 158 Å². The predicted molar refractivity (Wildman–Crippen MR) is 101 cm³/mol. The third-order valence-corrected chi connectivity index (χ3v) is 5.02. The van der Waals surface area contributed by atoms with Crippen LogP contribution in [-0.2, 0) is 4.74 Å². The average molecular weight is 368 g/mol. The molecule has 0 radical (unpaired) electrons. The molecular weight excluding hydrogens is 344 g/mol. The van der Waals surface area contributed by atoms with Crippen LogP contribution in [0.25, 0.3) is 11.3 Å². The van der Waals surface area contributed by atoms with Crippen LogP contribution in [0, 0.1) is 5.92 Å². The van der Waals surface area contributed by atoms with Crippen LogP contribution in [0.15, 0.2) is 36.7 Å². The van der Waals surface area contributed by atoms with Crippen LogP contribution < -0.4 is 15.5 Å². The minimum atomic E-state index is -0.0816. The number of ether oxygens (including phenoxy) is 1. The summed E-state index contributed by atoms with van der Waals surface area (Å²) in [5, 5.41) is 14.6. The molecule has 2 aromatic rings. The summed E-state index contributed by atoms with van der Waals surface area (Å²) < 4.78 is 5.30. The first kappa shape index (κ1) is 17.7. The quantitative estimate of drug-likeness (QED) is 0.830. The maximum Gasteiger partial charge on any atom is 0.315 e. The molecule has 8 nitrogen and oxygen atoms in total. The van der Waals surface area contributed by atoms with Gasteiger partial charge in [-0.05, 0) is 37.1 Å². The highest BCUT2D eigenvalue weighted by molar-refractivity contribution is 5.74. The van der Waals surface area contributed by atoms with Crippen LogP contribution in [0.5, 0.6) is 0 Å². The Bertz CT molecular complexity index is 743. The highest BCUT2D eigenvalue weighted by Crippen LogP contribution is 2.23. The Hall–Kier alpha value is -2.74. The fourth-order valence-electron chi connectivity index (χ4n) is 3.37. The van der Waals surface area contributed by atoms with Gasteiger partial charge in [-0.1, -0.05) is 0 Å². The smallest absolute Gasteiger partial charge is 0.315 e. The predicted octanol–water partition coefficient (Wildman–Crippen LogP) is 1.45. The van der Waals surface area contributed by atoms with Crippen molar-refractivity contribution in [3.63, 3.8) is 0 Å². The van der Waals surface area contributed by atoms with Gasteiger partial charge >= 0.3 is 6.03 Å². The number of carbonyl (C=O) groups is 1. The van der Waals surface area contributed by atoms with E-state index in [1.165, 1.54) is 0 Å². The first-order valence-corrected chi connectivity index (χ1v) is 9.39. The Morgan fingerprint density at radius 2 is 1.89 bits per heavy atom. The number of hydrogen-bond donors (Lipinski definition) is 2. The Kier molecular flexibility index (Phi) is 5.43. The Balaban J connectivity index is 1.20. The summed E-state index contributed by atoms with van der Waals surface area (Å²) in [4.78, 5) is 18.2. The van der Waals surface area contributed by atoms with Gasteiger partial charge in [0.1, 0.15) is 0 Å². The maximum atomic E-state index is 12.0. The first-order chi connectivity index (χ1) is 13.3. The molecule has 4 heterocycles. The first-order valence-electron chi connectivity index (χ1n) is 9.39. The maximum absolute atomic E-state index is 12.0. The van der Waals surface area contributed by atoms with Crippen molar-refractivity contribution in [2.75, 3.05) is 37.7 Å². The van der Waals surface area contributed by atoms with Gasteiger partial charge in [-0.2, -0.15) is 0 Å². The molecule has 0 saturated carbocycles. The molecule has 0 aromatic carbocycles. The van der Waals surface area contributed by atoms with E-state index in [2.05, 4.69) is 30.7 Å². The van der Waals surface area contributed by atoms with E-state index in [4.69, 9.17) is 4.74 Å². The minimum absolute atomic E-state index is 0.0816.